The lowest BCUT2D eigenvalue weighted by Crippen LogP contribution is -2.54. The van der Waals surface area contributed by atoms with Gasteiger partial charge in [0.1, 0.15) is 11.6 Å². The summed E-state index contributed by atoms with van der Waals surface area (Å²) >= 11 is 7.63. The highest BCUT2D eigenvalue weighted by molar-refractivity contribution is 7.22. The predicted molar refractivity (Wildman–Crippen MR) is 142 cm³/mol. The average Bonchev–Trinajstić information content (AvgIpc) is 3.57. The molecule has 208 valence electrons. The number of rotatable bonds is 9. The number of ketones is 1. The third-order valence-electron chi connectivity index (χ3n) is 7.28. The summed E-state index contributed by atoms with van der Waals surface area (Å²) in [5.41, 5.74) is 0.558. The van der Waals surface area contributed by atoms with Crippen LogP contribution in [0.2, 0.25) is 5.02 Å². The van der Waals surface area contributed by atoms with Gasteiger partial charge < -0.3 is 15.2 Å². The molecule has 1 aliphatic heterocycles. The average molecular weight is 582 g/mol. The van der Waals surface area contributed by atoms with E-state index >= 15 is 8.78 Å². The summed E-state index contributed by atoms with van der Waals surface area (Å²) in [6, 6.07) is 6.58. The lowest BCUT2D eigenvalue weighted by atomic mass is 9.87. The molecule has 5 rings (SSSR count). The first-order chi connectivity index (χ1) is 18.6. The number of likely N-dealkylation sites (tertiary alicyclic amines) is 1. The van der Waals surface area contributed by atoms with Crippen molar-refractivity contribution in [1.29, 1.82) is 0 Å². The number of carboxylic acid groups (broad SMARTS) is 1. The van der Waals surface area contributed by atoms with E-state index in [4.69, 9.17) is 16.3 Å². The number of Topliss-reactive ketones (excluding diaryl/α,β-unsaturated/α-hetero) is 1. The van der Waals surface area contributed by atoms with E-state index in [1.807, 2.05) is 0 Å². The summed E-state index contributed by atoms with van der Waals surface area (Å²) < 4.78 is 51.5. The highest BCUT2D eigenvalue weighted by atomic mass is 35.5. The molecule has 2 N–H and O–H groups in total. The molecule has 7 nitrogen and oxygen atoms in total. The largest absolute Gasteiger partial charge is 0.481 e. The van der Waals surface area contributed by atoms with Crippen molar-refractivity contribution in [2.24, 2.45) is 5.92 Å². The number of fused-ring (bicyclic) bond motifs is 1. The first kappa shape index (κ1) is 27.8. The van der Waals surface area contributed by atoms with Gasteiger partial charge in [0.25, 0.3) is 0 Å². The Morgan fingerprint density at radius 1 is 1.15 bits per heavy atom. The number of aromatic nitrogens is 1. The third-order valence-corrected chi connectivity index (χ3v) is 8.55. The number of benzene rings is 2. The van der Waals surface area contributed by atoms with Crippen molar-refractivity contribution < 1.29 is 32.6 Å². The molecule has 0 radical (unpaired) electrons. The second kappa shape index (κ2) is 11.4. The smallest absolute Gasteiger partial charge is 0.330 e. The first-order valence-corrected chi connectivity index (χ1v) is 14.0. The maximum atomic E-state index is 16.4. The zero-order chi connectivity index (χ0) is 27.7. The molecule has 1 aliphatic carbocycles. The zero-order valence-electron chi connectivity index (χ0n) is 20.9. The fourth-order valence-corrected chi connectivity index (χ4v) is 6.23. The number of nitrogens with one attached hydrogen (secondary N) is 1. The van der Waals surface area contributed by atoms with Gasteiger partial charge in [-0.2, -0.15) is 4.39 Å². The molecule has 39 heavy (non-hydrogen) atoms. The standard InChI is InChI=1S/C27H27ClF3N3O4S/c28-19-11-16(20(30)14-21(19)32-26-33-22-13-17(29)5-8-23(22)39-26)12-24(35)27(31,34-9-1-2-10-34)38-18-6-3-15(4-7-18)25(36)37/h5,8,11,13-15,18H,1-4,6-7,9-10,12H2,(H,32,33)(H,36,37)/t15-,18-,27?. The van der Waals surface area contributed by atoms with Crippen LogP contribution in [0.5, 0.6) is 0 Å². The van der Waals surface area contributed by atoms with E-state index in [9.17, 15) is 19.1 Å². The summed E-state index contributed by atoms with van der Waals surface area (Å²) in [7, 11) is 0. The zero-order valence-corrected chi connectivity index (χ0v) is 22.5. The highest BCUT2D eigenvalue weighted by Gasteiger charge is 2.49. The topological polar surface area (TPSA) is 91.8 Å². The van der Waals surface area contributed by atoms with E-state index in [0.717, 1.165) is 10.8 Å². The van der Waals surface area contributed by atoms with E-state index in [-0.39, 0.29) is 16.3 Å². The van der Waals surface area contributed by atoms with Crippen molar-refractivity contribution in [2.75, 3.05) is 18.4 Å². The van der Waals surface area contributed by atoms with Gasteiger partial charge in [-0.15, -0.1) is 0 Å². The first-order valence-electron chi connectivity index (χ1n) is 12.8. The maximum Gasteiger partial charge on any atom is 0.330 e. The molecule has 2 aromatic carbocycles. The monoisotopic (exact) mass is 581 g/mol. The van der Waals surface area contributed by atoms with Crippen molar-refractivity contribution >= 4 is 55.7 Å². The van der Waals surface area contributed by atoms with Crippen molar-refractivity contribution in [3.05, 3.63) is 52.6 Å². The van der Waals surface area contributed by atoms with E-state index in [1.165, 1.54) is 34.4 Å². The molecule has 1 aromatic heterocycles. The SMILES string of the molecule is O=C(Cc1cc(Cl)c(Nc2nc3cc(F)ccc3s2)cc1F)C(F)(O[C@H]1CC[C@H](C(=O)O)CC1)N1CCCC1. The van der Waals surface area contributed by atoms with Gasteiger partial charge in [-0.3, -0.25) is 9.59 Å². The molecule has 2 heterocycles. The molecule has 2 fully saturated rings. The Morgan fingerprint density at radius 3 is 2.56 bits per heavy atom. The van der Waals surface area contributed by atoms with Crippen molar-refractivity contribution in [1.82, 2.24) is 9.88 Å². The van der Waals surface area contributed by atoms with Crippen LogP contribution in [0.15, 0.2) is 30.3 Å². The summed E-state index contributed by atoms with van der Waals surface area (Å²) in [4.78, 5) is 30.2. The molecular weight excluding hydrogens is 555 g/mol. The molecule has 1 saturated carbocycles. The highest BCUT2D eigenvalue weighted by Crippen LogP contribution is 2.36. The van der Waals surface area contributed by atoms with Gasteiger partial charge in [-0.05, 0) is 68.4 Å². The number of hydrogen-bond acceptors (Lipinski definition) is 7. The van der Waals surface area contributed by atoms with Crippen LogP contribution in [-0.2, 0) is 20.7 Å². The van der Waals surface area contributed by atoms with Crippen LogP contribution in [0.4, 0.5) is 24.0 Å². The van der Waals surface area contributed by atoms with Gasteiger partial charge in [-0.1, -0.05) is 22.9 Å². The van der Waals surface area contributed by atoms with E-state index in [1.54, 1.807) is 6.07 Å². The van der Waals surface area contributed by atoms with Crippen LogP contribution in [0.1, 0.15) is 44.1 Å². The van der Waals surface area contributed by atoms with Crippen LogP contribution in [-0.4, -0.2) is 51.9 Å². The Morgan fingerprint density at radius 2 is 1.87 bits per heavy atom. The quantitative estimate of drug-likeness (QED) is 0.280. The number of carbonyl (C=O) groups excluding carboxylic acids is 1. The molecule has 1 atom stereocenters. The van der Waals surface area contributed by atoms with Gasteiger partial charge in [0.15, 0.2) is 5.13 Å². The molecule has 2 aliphatic rings. The van der Waals surface area contributed by atoms with Crippen molar-refractivity contribution in [2.45, 2.75) is 57.0 Å². The number of carbonyl (C=O) groups is 2. The minimum Gasteiger partial charge on any atom is -0.481 e. The maximum absolute atomic E-state index is 16.4. The molecule has 0 amide bonds. The van der Waals surface area contributed by atoms with Gasteiger partial charge >= 0.3 is 11.9 Å². The Balaban J connectivity index is 1.32. The Bertz CT molecular complexity index is 1390. The summed E-state index contributed by atoms with van der Waals surface area (Å²) in [6.07, 6.45) is 1.53. The Hall–Kier alpha value is -2.73. The number of hydrogen-bond donors (Lipinski definition) is 2. The number of anilines is 2. The van der Waals surface area contributed by atoms with Crippen LogP contribution in [0, 0.1) is 17.6 Å². The minimum absolute atomic E-state index is 0.0821. The fraction of sp³-hybridized carbons (Fsp3) is 0.444. The number of alkyl halides is 1. The minimum atomic E-state index is -2.75. The number of ether oxygens (including phenoxy) is 1. The molecule has 0 bridgehead atoms. The molecular formula is C27H27ClF3N3O4S. The normalized spacial score (nSPS) is 21.6. The van der Waals surface area contributed by atoms with E-state index < -0.39 is 47.8 Å². The number of halogens is 4. The second-order valence-corrected chi connectivity index (χ2v) is 11.4. The van der Waals surface area contributed by atoms with E-state index in [2.05, 4.69) is 10.3 Å². The Kier molecular flexibility index (Phi) is 8.14. The van der Waals surface area contributed by atoms with Crippen LogP contribution in [0.3, 0.4) is 0 Å². The number of nitrogens with zero attached hydrogens (tertiary/aromatic N) is 2. The predicted octanol–water partition coefficient (Wildman–Crippen LogP) is 6.46. The molecule has 0 spiro atoms. The fourth-order valence-electron chi connectivity index (χ4n) is 5.14. The summed E-state index contributed by atoms with van der Waals surface area (Å²) in [5.74, 6) is -6.26. The summed E-state index contributed by atoms with van der Waals surface area (Å²) in [5, 5.41) is 12.6. The van der Waals surface area contributed by atoms with Crippen LogP contribution >= 0.6 is 22.9 Å². The van der Waals surface area contributed by atoms with Gasteiger partial charge in [0.2, 0.25) is 5.78 Å². The van der Waals surface area contributed by atoms with E-state index in [0.29, 0.717) is 62.3 Å². The third kappa shape index (κ3) is 6.06. The molecule has 1 saturated heterocycles. The van der Waals surface area contributed by atoms with Crippen LogP contribution in [0.25, 0.3) is 10.2 Å². The number of carboxylic acids is 1. The Labute approximate surface area is 231 Å². The van der Waals surface area contributed by atoms with Crippen molar-refractivity contribution in [3.63, 3.8) is 0 Å². The second-order valence-electron chi connectivity index (χ2n) is 9.96. The lowest BCUT2D eigenvalue weighted by Gasteiger charge is -2.37. The summed E-state index contributed by atoms with van der Waals surface area (Å²) in [6.45, 7) is 0.649. The lowest BCUT2D eigenvalue weighted by molar-refractivity contribution is -0.252. The van der Waals surface area contributed by atoms with Gasteiger partial charge in [-0.25, -0.2) is 18.7 Å². The van der Waals surface area contributed by atoms with Crippen molar-refractivity contribution in [3.8, 4) is 0 Å². The molecule has 3 aromatic rings. The molecule has 1 unspecified atom stereocenters. The van der Waals surface area contributed by atoms with Gasteiger partial charge in [0, 0.05) is 25.6 Å². The number of aliphatic carboxylic acids is 1. The molecule has 12 heteroatoms. The number of thiazole rings is 1. The van der Waals surface area contributed by atoms with Crippen LogP contribution < -0.4 is 5.32 Å². The van der Waals surface area contributed by atoms with Gasteiger partial charge in [0.05, 0.1) is 32.9 Å².